The Bertz CT molecular complexity index is 444. The minimum absolute atomic E-state index is 0.218. The first-order valence-electron chi connectivity index (χ1n) is 5.54. The summed E-state index contributed by atoms with van der Waals surface area (Å²) in [5, 5.41) is 0. The molecule has 0 aromatic heterocycles. The molecule has 0 aromatic rings. The molecular formula is C10H18N3O5P. The number of aliphatic imine (C=N–C) groups is 1. The summed E-state index contributed by atoms with van der Waals surface area (Å²) in [6, 6.07) is 0. The van der Waals surface area contributed by atoms with Crippen molar-refractivity contribution in [2.75, 3.05) is 6.61 Å². The van der Waals surface area contributed by atoms with Crippen LogP contribution in [0.5, 0.6) is 0 Å². The van der Waals surface area contributed by atoms with Crippen LogP contribution in [0.25, 0.3) is 0 Å². The molecule has 0 saturated carbocycles. The Hall–Kier alpha value is -1.18. The summed E-state index contributed by atoms with van der Waals surface area (Å²) in [6.07, 6.45) is 2.35. The maximum Gasteiger partial charge on any atom is 0.469 e. The highest BCUT2D eigenvalue weighted by Gasteiger charge is 2.21. The predicted molar refractivity (Wildman–Crippen MR) is 69.7 cm³/mol. The lowest BCUT2D eigenvalue weighted by molar-refractivity contribution is -0.0702. The predicted octanol–water partition coefficient (Wildman–Crippen LogP) is 0.504. The highest BCUT2D eigenvalue weighted by Crippen LogP contribution is 2.35. The van der Waals surface area contributed by atoms with E-state index in [0.29, 0.717) is 11.7 Å². The zero-order chi connectivity index (χ0) is 14.6. The number of ether oxygens (including phenoxy) is 1. The van der Waals surface area contributed by atoms with Crippen LogP contribution in [-0.2, 0) is 13.8 Å². The van der Waals surface area contributed by atoms with E-state index in [1.165, 1.54) is 0 Å². The molecule has 0 bridgehead atoms. The monoisotopic (exact) mass is 291 g/mol. The molecule has 8 nitrogen and oxygen atoms in total. The Labute approximate surface area is 111 Å². The standard InChI is InChI=1S/C10H18N3O5P/c1-7(6-17-19(14,15)16)18-9(3)13-5-4-10(11)12-8(13)2/h4-5,7,9H,2,6H2,1,3H3,(H2,11,12)(H2,14,15,16)/t7-,9+/m0/s1. The Morgan fingerprint density at radius 1 is 1.58 bits per heavy atom. The SMILES string of the molecule is C=C1N=C(N)C=CN1[C@@H](C)O[C@@H](C)COP(=O)(O)O. The van der Waals surface area contributed by atoms with E-state index in [1.54, 1.807) is 31.0 Å². The largest absolute Gasteiger partial charge is 0.469 e. The number of phosphoric ester groups is 1. The summed E-state index contributed by atoms with van der Waals surface area (Å²) >= 11 is 0. The highest BCUT2D eigenvalue weighted by atomic mass is 31.2. The van der Waals surface area contributed by atoms with Crippen molar-refractivity contribution in [3.63, 3.8) is 0 Å². The molecule has 0 aromatic carbocycles. The van der Waals surface area contributed by atoms with Crippen LogP contribution in [0, 0.1) is 0 Å². The van der Waals surface area contributed by atoms with Crippen LogP contribution < -0.4 is 5.73 Å². The molecule has 2 atom stereocenters. The third kappa shape index (κ3) is 5.54. The van der Waals surface area contributed by atoms with Crippen molar-refractivity contribution in [2.45, 2.75) is 26.2 Å². The van der Waals surface area contributed by atoms with E-state index >= 15 is 0 Å². The van der Waals surface area contributed by atoms with Gasteiger partial charge in [-0.05, 0) is 19.9 Å². The molecule has 4 N–H and O–H groups in total. The van der Waals surface area contributed by atoms with Crippen molar-refractivity contribution in [1.82, 2.24) is 4.90 Å². The van der Waals surface area contributed by atoms with Gasteiger partial charge in [-0.3, -0.25) is 4.52 Å². The molecule has 0 saturated heterocycles. The molecular weight excluding hydrogens is 273 g/mol. The fourth-order valence-electron chi connectivity index (χ4n) is 1.46. The molecule has 0 aliphatic carbocycles. The quantitative estimate of drug-likeness (QED) is 0.610. The molecule has 1 aliphatic heterocycles. The van der Waals surface area contributed by atoms with Crippen LogP contribution in [0.4, 0.5) is 0 Å². The van der Waals surface area contributed by atoms with Crippen LogP contribution in [-0.4, -0.2) is 39.5 Å². The second-order valence-electron chi connectivity index (χ2n) is 4.01. The van der Waals surface area contributed by atoms with Crippen molar-refractivity contribution >= 4 is 13.7 Å². The number of nitrogens with zero attached hydrogens (tertiary/aromatic N) is 2. The zero-order valence-corrected chi connectivity index (χ0v) is 11.7. The molecule has 0 radical (unpaired) electrons. The van der Waals surface area contributed by atoms with Gasteiger partial charge in [0.1, 0.15) is 17.9 Å². The zero-order valence-electron chi connectivity index (χ0n) is 10.8. The van der Waals surface area contributed by atoms with Crippen LogP contribution in [0.2, 0.25) is 0 Å². The molecule has 108 valence electrons. The summed E-state index contributed by atoms with van der Waals surface area (Å²) in [5.74, 6) is 0.780. The van der Waals surface area contributed by atoms with E-state index < -0.39 is 20.2 Å². The Morgan fingerprint density at radius 3 is 2.74 bits per heavy atom. The third-order valence-electron chi connectivity index (χ3n) is 2.26. The van der Waals surface area contributed by atoms with E-state index in [9.17, 15) is 4.57 Å². The number of hydrogen-bond acceptors (Lipinski definition) is 6. The van der Waals surface area contributed by atoms with Gasteiger partial charge in [-0.1, -0.05) is 6.58 Å². The topological polar surface area (TPSA) is 118 Å². The number of amidine groups is 1. The summed E-state index contributed by atoms with van der Waals surface area (Å²) in [4.78, 5) is 22.8. The van der Waals surface area contributed by atoms with Gasteiger partial charge in [0, 0.05) is 6.20 Å². The maximum atomic E-state index is 10.6. The Balaban J connectivity index is 2.47. The molecule has 1 rings (SSSR count). The average molecular weight is 291 g/mol. The van der Waals surface area contributed by atoms with Crippen LogP contribution in [0.1, 0.15) is 13.8 Å². The Morgan fingerprint density at radius 2 is 2.21 bits per heavy atom. The van der Waals surface area contributed by atoms with Gasteiger partial charge in [-0.25, -0.2) is 9.56 Å². The lowest BCUT2D eigenvalue weighted by Crippen LogP contribution is -2.35. The molecule has 0 unspecified atom stereocenters. The van der Waals surface area contributed by atoms with E-state index in [-0.39, 0.29) is 6.61 Å². The van der Waals surface area contributed by atoms with E-state index in [2.05, 4.69) is 16.1 Å². The molecule has 0 spiro atoms. The van der Waals surface area contributed by atoms with Gasteiger partial charge in [0.15, 0.2) is 0 Å². The van der Waals surface area contributed by atoms with Crippen molar-refractivity contribution in [2.24, 2.45) is 10.7 Å². The highest BCUT2D eigenvalue weighted by molar-refractivity contribution is 7.46. The van der Waals surface area contributed by atoms with Gasteiger partial charge in [-0.15, -0.1) is 0 Å². The van der Waals surface area contributed by atoms with Crippen LogP contribution in [0.15, 0.2) is 29.7 Å². The third-order valence-corrected chi connectivity index (χ3v) is 2.75. The first-order valence-corrected chi connectivity index (χ1v) is 7.07. The Kier molecular flexibility index (Phi) is 5.28. The molecule has 1 aliphatic rings. The lowest BCUT2D eigenvalue weighted by Gasteiger charge is -2.31. The molecule has 0 amide bonds. The van der Waals surface area contributed by atoms with Crippen molar-refractivity contribution in [3.8, 4) is 0 Å². The molecule has 9 heteroatoms. The summed E-state index contributed by atoms with van der Waals surface area (Å²) in [7, 11) is -4.48. The van der Waals surface area contributed by atoms with E-state index in [4.69, 9.17) is 20.3 Å². The smallest absolute Gasteiger partial charge is 0.384 e. The molecule has 19 heavy (non-hydrogen) atoms. The average Bonchev–Trinajstić information content (AvgIpc) is 2.25. The van der Waals surface area contributed by atoms with Crippen LogP contribution in [0.3, 0.4) is 0 Å². The van der Waals surface area contributed by atoms with Gasteiger partial charge < -0.3 is 25.2 Å². The van der Waals surface area contributed by atoms with Gasteiger partial charge in [0.25, 0.3) is 0 Å². The fraction of sp³-hybridized carbons (Fsp3) is 0.500. The lowest BCUT2D eigenvalue weighted by atomic mass is 10.4. The minimum atomic E-state index is -4.48. The van der Waals surface area contributed by atoms with Gasteiger partial charge in [-0.2, -0.15) is 0 Å². The van der Waals surface area contributed by atoms with Crippen molar-refractivity contribution in [1.29, 1.82) is 0 Å². The number of phosphoric acid groups is 1. The van der Waals surface area contributed by atoms with Gasteiger partial charge >= 0.3 is 7.82 Å². The van der Waals surface area contributed by atoms with Crippen molar-refractivity contribution < 1.29 is 23.6 Å². The molecule has 1 heterocycles. The summed E-state index contributed by atoms with van der Waals surface area (Å²) in [6.45, 7) is 6.90. The second-order valence-corrected chi connectivity index (χ2v) is 5.25. The van der Waals surface area contributed by atoms with Crippen LogP contribution >= 0.6 is 7.82 Å². The van der Waals surface area contributed by atoms with Crippen molar-refractivity contribution in [3.05, 3.63) is 24.7 Å². The van der Waals surface area contributed by atoms with E-state index in [1.807, 2.05) is 0 Å². The number of hydrogen-bond donors (Lipinski definition) is 3. The summed E-state index contributed by atoms with van der Waals surface area (Å²) < 4.78 is 20.4. The number of nitrogens with two attached hydrogens (primary N) is 1. The number of rotatable bonds is 6. The van der Waals surface area contributed by atoms with E-state index in [0.717, 1.165) is 0 Å². The minimum Gasteiger partial charge on any atom is -0.384 e. The maximum absolute atomic E-state index is 10.6. The normalized spacial score (nSPS) is 19.3. The molecule has 0 fully saturated rings. The van der Waals surface area contributed by atoms with Gasteiger partial charge in [0.05, 0.1) is 12.7 Å². The second kappa shape index (κ2) is 6.31. The fourth-order valence-corrected chi connectivity index (χ4v) is 1.87. The first-order chi connectivity index (χ1) is 8.69. The first kappa shape index (κ1) is 15.9. The summed E-state index contributed by atoms with van der Waals surface area (Å²) in [5.41, 5.74) is 5.51. The van der Waals surface area contributed by atoms with Gasteiger partial charge in [0.2, 0.25) is 0 Å².